The number of carboxylic acid groups (broad SMARTS) is 1. The number of thiocarbonyl (C=S) groups is 1. The quantitative estimate of drug-likeness (QED) is 0.174. The van der Waals surface area contributed by atoms with Crippen molar-refractivity contribution in [2.75, 3.05) is 6.61 Å². The molecule has 1 aromatic carbocycles. The maximum absolute atomic E-state index is 13.0. The second-order valence-electron chi connectivity index (χ2n) is 8.85. The van der Waals surface area contributed by atoms with Crippen molar-refractivity contribution < 1.29 is 24.2 Å². The van der Waals surface area contributed by atoms with E-state index in [1.807, 2.05) is 25.1 Å². The Bertz CT molecular complexity index is 899. The first-order chi connectivity index (χ1) is 16.2. The summed E-state index contributed by atoms with van der Waals surface area (Å²) in [7, 11) is 0. The first-order valence-electron chi connectivity index (χ1n) is 12.1. The predicted molar refractivity (Wildman–Crippen MR) is 142 cm³/mol. The smallest absolute Gasteiger partial charge is 0.327 e. The number of aliphatic carboxylic acids is 1. The van der Waals surface area contributed by atoms with Crippen LogP contribution < -0.4 is 9.47 Å². The molecule has 0 saturated carbocycles. The molecule has 2 atom stereocenters. The number of hydrogen-bond donors (Lipinski definition) is 1. The lowest BCUT2D eigenvalue weighted by Crippen LogP contribution is -2.47. The van der Waals surface area contributed by atoms with Gasteiger partial charge in [0.05, 0.1) is 17.6 Å². The molecule has 8 heteroatoms. The van der Waals surface area contributed by atoms with E-state index in [1.165, 1.54) is 30.6 Å². The molecule has 0 aliphatic carbocycles. The zero-order chi connectivity index (χ0) is 25.3. The Morgan fingerprint density at radius 1 is 1.15 bits per heavy atom. The highest BCUT2D eigenvalue weighted by Crippen LogP contribution is 2.37. The van der Waals surface area contributed by atoms with Crippen LogP contribution in [0.1, 0.15) is 78.7 Å². The molecular weight excluding hydrogens is 470 g/mol. The van der Waals surface area contributed by atoms with Gasteiger partial charge >= 0.3 is 5.97 Å². The number of amides is 1. The highest BCUT2D eigenvalue weighted by atomic mass is 32.2. The fraction of sp³-hybridized carbons (Fsp3) is 0.577. The van der Waals surface area contributed by atoms with Gasteiger partial charge in [-0.3, -0.25) is 9.69 Å². The van der Waals surface area contributed by atoms with Gasteiger partial charge in [-0.05, 0) is 56.4 Å². The summed E-state index contributed by atoms with van der Waals surface area (Å²) in [5.41, 5.74) is 0.764. The zero-order valence-corrected chi connectivity index (χ0v) is 22.5. The molecule has 1 aliphatic heterocycles. The Kier molecular flexibility index (Phi) is 11.4. The Labute approximate surface area is 213 Å². The van der Waals surface area contributed by atoms with Crippen LogP contribution in [0, 0.1) is 5.92 Å². The van der Waals surface area contributed by atoms with Gasteiger partial charge in [-0.1, -0.05) is 76.5 Å². The second-order valence-corrected chi connectivity index (χ2v) is 10.5. The molecule has 0 spiro atoms. The normalized spacial score (nSPS) is 16.9. The monoisotopic (exact) mass is 507 g/mol. The Morgan fingerprint density at radius 2 is 1.85 bits per heavy atom. The van der Waals surface area contributed by atoms with Gasteiger partial charge in [-0.15, -0.1) is 0 Å². The minimum absolute atomic E-state index is 0.0759. The van der Waals surface area contributed by atoms with Crippen LogP contribution in [0.4, 0.5) is 0 Å². The summed E-state index contributed by atoms with van der Waals surface area (Å²) in [6.07, 6.45) is 8.92. The molecule has 1 aromatic rings. The minimum Gasteiger partial charge on any atom is -0.490 e. The maximum Gasteiger partial charge on any atom is 0.327 e. The van der Waals surface area contributed by atoms with E-state index >= 15 is 0 Å². The van der Waals surface area contributed by atoms with Crippen LogP contribution in [0.15, 0.2) is 23.1 Å². The van der Waals surface area contributed by atoms with Gasteiger partial charge in [-0.2, -0.15) is 0 Å². The number of rotatable bonds is 14. The van der Waals surface area contributed by atoms with Crippen LogP contribution in [-0.2, 0) is 9.59 Å². The van der Waals surface area contributed by atoms with Crippen molar-refractivity contribution in [1.82, 2.24) is 4.90 Å². The van der Waals surface area contributed by atoms with E-state index in [-0.39, 0.29) is 22.2 Å². The van der Waals surface area contributed by atoms with Crippen molar-refractivity contribution in [2.45, 2.75) is 85.3 Å². The van der Waals surface area contributed by atoms with Gasteiger partial charge < -0.3 is 14.6 Å². The Hall–Kier alpha value is -2.06. The number of unbranched alkanes of at least 4 members (excludes halogenated alkanes) is 4. The molecule has 0 bridgehead atoms. The van der Waals surface area contributed by atoms with Gasteiger partial charge in [0, 0.05) is 0 Å². The molecule has 1 N–H and O–H groups in total. The fourth-order valence-electron chi connectivity index (χ4n) is 3.86. The summed E-state index contributed by atoms with van der Waals surface area (Å²) in [6, 6.07) is 4.59. The molecule has 34 heavy (non-hydrogen) atoms. The number of ether oxygens (including phenoxy) is 2. The molecule has 1 saturated heterocycles. The summed E-state index contributed by atoms with van der Waals surface area (Å²) in [4.78, 5) is 26.3. The zero-order valence-electron chi connectivity index (χ0n) is 20.8. The first-order valence-corrected chi connectivity index (χ1v) is 13.3. The molecular formula is C26H37NO5S2. The number of thioether (sulfide) groups is 1. The number of hydrogen-bond acceptors (Lipinski definition) is 6. The summed E-state index contributed by atoms with van der Waals surface area (Å²) in [6.45, 7) is 10.2. The predicted octanol–water partition coefficient (Wildman–Crippen LogP) is 6.52. The minimum atomic E-state index is -1.06. The van der Waals surface area contributed by atoms with E-state index in [4.69, 9.17) is 21.7 Å². The van der Waals surface area contributed by atoms with Crippen molar-refractivity contribution in [3.63, 3.8) is 0 Å². The number of carbonyl (C=O) groups excluding carboxylic acids is 1. The van der Waals surface area contributed by atoms with Crippen LogP contribution in [0.3, 0.4) is 0 Å². The summed E-state index contributed by atoms with van der Waals surface area (Å²) in [5, 5.41) is 9.59. The highest BCUT2D eigenvalue weighted by molar-refractivity contribution is 8.26. The van der Waals surface area contributed by atoms with Crippen molar-refractivity contribution in [3.05, 3.63) is 28.7 Å². The molecule has 1 amide bonds. The van der Waals surface area contributed by atoms with Crippen LogP contribution in [0.5, 0.6) is 11.5 Å². The average molecular weight is 508 g/mol. The molecule has 0 aromatic heterocycles. The fourth-order valence-corrected chi connectivity index (χ4v) is 5.19. The lowest BCUT2D eigenvalue weighted by molar-refractivity contribution is -0.146. The van der Waals surface area contributed by atoms with E-state index < -0.39 is 12.0 Å². The summed E-state index contributed by atoms with van der Waals surface area (Å²) < 4.78 is 12.2. The van der Waals surface area contributed by atoms with Crippen LogP contribution >= 0.6 is 24.0 Å². The van der Waals surface area contributed by atoms with Gasteiger partial charge in [0.1, 0.15) is 10.4 Å². The van der Waals surface area contributed by atoms with Gasteiger partial charge in [0.25, 0.3) is 5.91 Å². The lowest BCUT2D eigenvalue weighted by Gasteiger charge is -2.26. The molecule has 1 fully saturated rings. The number of carboxylic acids is 1. The van der Waals surface area contributed by atoms with Crippen LogP contribution in [0.2, 0.25) is 0 Å². The number of nitrogens with zero attached hydrogens (tertiary/aromatic N) is 1. The third-order valence-corrected chi connectivity index (χ3v) is 6.92. The van der Waals surface area contributed by atoms with Crippen molar-refractivity contribution >= 4 is 46.3 Å². The van der Waals surface area contributed by atoms with E-state index in [0.717, 1.165) is 30.2 Å². The molecule has 0 unspecified atom stereocenters. The molecule has 0 radical (unpaired) electrons. The van der Waals surface area contributed by atoms with Gasteiger partial charge in [-0.25, -0.2) is 4.79 Å². The molecule has 1 heterocycles. The second kappa shape index (κ2) is 13.7. The number of carbonyl (C=O) groups is 2. The van der Waals surface area contributed by atoms with Gasteiger partial charge in [0.2, 0.25) is 0 Å². The first kappa shape index (κ1) is 28.2. The van der Waals surface area contributed by atoms with Gasteiger partial charge in [0.15, 0.2) is 11.5 Å². The standard InChI is InChI=1S/C26H37NO5S2/c1-6-8-9-10-11-12-18(5)32-20-14-13-19(15-21(20)31-7-2)16-22-24(28)27(26(33)34-22)23(17(3)4)25(29)30/h13-18,23H,6-12H2,1-5H3,(H,29,30)/b22-16+/t18-,23-/m0/s1. The molecule has 6 nitrogen and oxygen atoms in total. The van der Waals surface area contributed by atoms with Crippen molar-refractivity contribution in [1.29, 1.82) is 0 Å². The van der Waals surface area contributed by atoms with Crippen molar-refractivity contribution in [2.24, 2.45) is 5.92 Å². The lowest BCUT2D eigenvalue weighted by atomic mass is 10.0. The van der Waals surface area contributed by atoms with E-state index in [2.05, 4.69) is 13.8 Å². The largest absolute Gasteiger partial charge is 0.490 e. The SMILES string of the molecule is CCCCCCC[C@H](C)Oc1ccc(/C=C2/SC(=S)N([C@H](C(=O)O)C(C)C)C2=O)cc1OCC. The maximum atomic E-state index is 13.0. The Morgan fingerprint density at radius 3 is 2.47 bits per heavy atom. The molecule has 188 valence electrons. The van der Waals surface area contributed by atoms with Crippen LogP contribution in [0.25, 0.3) is 6.08 Å². The summed E-state index contributed by atoms with van der Waals surface area (Å²) in [5.74, 6) is -0.416. The average Bonchev–Trinajstić information content (AvgIpc) is 3.03. The van der Waals surface area contributed by atoms with Crippen LogP contribution in [-0.4, -0.2) is 45.0 Å². The third kappa shape index (κ3) is 7.73. The molecule has 1 aliphatic rings. The number of benzene rings is 1. The highest BCUT2D eigenvalue weighted by Gasteiger charge is 2.41. The third-order valence-electron chi connectivity index (χ3n) is 5.59. The topological polar surface area (TPSA) is 76.1 Å². The summed E-state index contributed by atoms with van der Waals surface area (Å²) >= 11 is 6.46. The van der Waals surface area contributed by atoms with Crippen molar-refractivity contribution in [3.8, 4) is 11.5 Å². The van der Waals surface area contributed by atoms with E-state index in [1.54, 1.807) is 19.9 Å². The molecule has 2 rings (SSSR count). The van der Waals surface area contributed by atoms with E-state index in [0.29, 0.717) is 23.0 Å². The Balaban J connectivity index is 2.16. The van der Waals surface area contributed by atoms with E-state index in [9.17, 15) is 14.7 Å².